The van der Waals surface area contributed by atoms with Crippen LogP contribution in [0.3, 0.4) is 0 Å². The van der Waals surface area contributed by atoms with Crippen molar-refractivity contribution in [3.05, 3.63) is 17.5 Å². The fourth-order valence-corrected chi connectivity index (χ4v) is 4.83. The number of nitrogens with zero attached hydrogens (tertiary/aromatic N) is 3. The molecule has 0 bridgehead atoms. The summed E-state index contributed by atoms with van der Waals surface area (Å²) in [4.78, 5) is 15.5. The van der Waals surface area contributed by atoms with Gasteiger partial charge in [-0.05, 0) is 50.0 Å². The smallest absolute Gasteiger partial charge is 0.272 e. The maximum absolute atomic E-state index is 13.4. The first-order valence-electron chi connectivity index (χ1n) is 9.73. The van der Waals surface area contributed by atoms with Crippen LogP contribution in [-0.4, -0.2) is 46.8 Å². The van der Waals surface area contributed by atoms with Crippen LogP contribution >= 0.6 is 0 Å². The molecule has 1 aromatic rings. The highest BCUT2D eigenvalue weighted by Gasteiger charge is 2.37. The van der Waals surface area contributed by atoms with Crippen molar-refractivity contribution in [2.45, 2.75) is 66.3 Å². The summed E-state index contributed by atoms with van der Waals surface area (Å²) in [6, 6.07) is 0.290. The third kappa shape index (κ3) is 4.08. The van der Waals surface area contributed by atoms with E-state index in [1.54, 1.807) is 0 Å². The molecule has 1 amide bonds. The van der Waals surface area contributed by atoms with Crippen molar-refractivity contribution in [3.63, 3.8) is 0 Å². The zero-order chi connectivity index (χ0) is 18.2. The zero-order valence-electron chi connectivity index (χ0n) is 16.6. The molecule has 1 N–H and O–H groups in total. The third-order valence-electron chi connectivity index (χ3n) is 5.72. The number of rotatable bonds is 2. The lowest BCUT2D eigenvalue weighted by Gasteiger charge is -2.33. The number of carbonyl (C=O) groups excluding carboxylic acids is 1. The molecule has 1 aromatic heterocycles. The lowest BCUT2D eigenvalue weighted by Crippen LogP contribution is -2.40. The monoisotopic (exact) mass is 346 g/mol. The lowest BCUT2D eigenvalue weighted by molar-refractivity contribution is 0.0688. The molecule has 0 aliphatic carbocycles. The normalized spacial score (nSPS) is 26.3. The highest BCUT2D eigenvalue weighted by Crippen LogP contribution is 2.40. The molecule has 2 aliphatic rings. The molecule has 0 spiro atoms. The number of likely N-dealkylation sites (tertiary alicyclic amines) is 1. The van der Waals surface area contributed by atoms with E-state index in [4.69, 9.17) is 0 Å². The Morgan fingerprint density at radius 2 is 2.04 bits per heavy atom. The second-order valence-corrected chi connectivity index (χ2v) is 9.60. The minimum absolute atomic E-state index is 0.140. The fourth-order valence-electron chi connectivity index (χ4n) is 4.83. The Labute approximate surface area is 152 Å². The van der Waals surface area contributed by atoms with Crippen LogP contribution in [0, 0.1) is 17.8 Å². The first-order valence-corrected chi connectivity index (χ1v) is 9.73. The van der Waals surface area contributed by atoms with Gasteiger partial charge < -0.3 is 10.2 Å². The van der Waals surface area contributed by atoms with Crippen LogP contribution in [0.15, 0.2) is 6.20 Å². The summed E-state index contributed by atoms with van der Waals surface area (Å²) < 4.78 is 1.99. The van der Waals surface area contributed by atoms with Crippen molar-refractivity contribution >= 4 is 5.91 Å². The molecule has 1 atom stereocenters. The molecule has 3 rings (SSSR count). The van der Waals surface area contributed by atoms with Gasteiger partial charge in [0.25, 0.3) is 5.91 Å². The van der Waals surface area contributed by atoms with Crippen molar-refractivity contribution in [1.82, 2.24) is 20.0 Å². The molecule has 2 fully saturated rings. The fraction of sp³-hybridized carbons (Fsp3) is 0.800. The van der Waals surface area contributed by atoms with Crippen LogP contribution in [0.25, 0.3) is 0 Å². The molecule has 5 heteroatoms. The summed E-state index contributed by atoms with van der Waals surface area (Å²) in [5.41, 5.74) is 2.21. The molecule has 140 valence electrons. The SMILES string of the molecule is Cc1cnn(C2CCCNC2)c1C(=O)N1CCC(C)(C)CC(C)(C)C1. The predicted molar refractivity (Wildman–Crippen MR) is 101 cm³/mol. The van der Waals surface area contributed by atoms with Gasteiger partial charge in [-0.25, -0.2) is 0 Å². The Hall–Kier alpha value is -1.36. The molecular weight excluding hydrogens is 312 g/mol. The first-order chi connectivity index (χ1) is 11.7. The van der Waals surface area contributed by atoms with Gasteiger partial charge in [0.05, 0.1) is 12.2 Å². The number of amides is 1. The van der Waals surface area contributed by atoms with E-state index in [1.807, 2.05) is 17.8 Å². The molecule has 0 saturated carbocycles. The molecular formula is C20H34N4O. The predicted octanol–water partition coefficient (Wildman–Crippen LogP) is 3.40. The van der Waals surface area contributed by atoms with Crippen LogP contribution < -0.4 is 5.32 Å². The van der Waals surface area contributed by atoms with Crippen molar-refractivity contribution in [2.75, 3.05) is 26.2 Å². The van der Waals surface area contributed by atoms with E-state index in [0.717, 1.165) is 63.1 Å². The Morgan fingerprint density at radius 1 is 1.28 bits per heavy atom. The standard InChI is InChI=1S/C20H34N4O/c1-15-11-22-24(16-7-6-9-21-12-16)17(15)18(25)23-10-8-19(2,3)13-20(4,5)14-23/h11,16,21H,6-10,12-14H2,1-5H3. The Bertz CT molecular complexity index is 626. The van der Waals surface area contributed by atoms with E-state index in [9.17, 15) is 4.79 Å². The van der Waals surface area contributed by atoms with Crippen molar-refractivity contribution in [1.29, 1.82) is 0 Å². The first kappa shape index (κ1) is 18.4. The molecule has 1 unspecified atom stereocenters. The molecule has 3 heterocycles. The topological polar surface area (TPSA) is 50.2 Å². The molecule has 0 radical (unpaired) electrons. The van der Waals surface area contributed by atoms with Crippen molar-refractivity contribution in [3.8, 4) is 0 Å². The van der Waals surface area contributed by atoms with Gasteiger partial charge in [0, 0.05) is 25.2 Å². The molecule has 25 heavy (non-hydrogen) atoms. The largest absolute Gasteiger partial charge is 0.337 e. The summed E-state index contributed by atoms with van der Waals surface area (Å²) >= 11 is 0. The van der Waals surface area contributed by atoms with Crippen molar-refractivity contribution < 1.29 is 4.79 Å². The summed E-state index contributed by atoms with van der Waals surface area (Å²) in [6.07, 6.45) is 6.29. The maximum atomic E-state index is 13.4. The number of aryl methyl sites for hydroxylation is 1. The van der Waals surface area contributed by atoms with Crippen LogP contribution in [0.2, 0.25) is 0 Å². The number of carbonyl (C=O) groups is 1. The van der Waals surface area contributed by atoms with Crippen LogP contribution in [0.4, 0.5) is 0 Å². The summed E-state index contributed by atoms with van der Waals surface area (Å²) in [7, 11) is 0. The maximum Gasteiger partial charge on any atom is 0.272 e. The Balaban J connectivity index is 1.86. The van der Waals surface area contributed by atoms with Crippen LogP contribution in [0.5, 0.6) is 0 Å². The summed E-state index contributed by atoms with van der Waals surface area (Å²) in [6.45, 7) is 14.9. The summed E-state index contributed by atoms with van der Waals surface area (Å²) in [5, 5.41) is 8.01. The number of aromatic nitrogens is 2. The van der Waals surface area contributed by atoms with Gasteiger partial charge >= 0.3 is 0 Å². The molecule has 2 saturated heterocycles. The van der Waals surface area contributed by atoms with Gasteiger partial charge in [0.15, 0.2) is 0 Å². The number of hydrogen-bond donors (Lipinski definition) is 1. The highest BCUT2D eigenvalue weighted by atomic mass is 16.2. The zero-order valence-corrected chi connectivity index (χ0v) is 16.6. The average Bonchev–Trinajstić information content (AvgIpc) is 2.86. The molecule has 2 aliphatic heterocycles. The van der Waals surface area contributed by atoms with E-state index >= 15 is 0 Å². The number of piperidine rings is 1. The lowest BCUT2D eigenvalue weighted by atomic mass is 9.75. The Kier molecular flexibility index (Phi) is 4.97. The van der Waals surface area contributed by atoms with E-state index in [2.05, 4.69) is 43.0 Å². The van der Waals surface area contributed by atoms with E-state index in [-0.39, 0.29) is 22.8 Å². The van der Waals surface area contributed by atoms with Gasteiger partial charge in [-0.15, -0.1) is 0 Å². The third-order valence-corrected chi connectivity index (χ3v) is 5.72. The second kappa shape index (κ2) is 6.75. The van der Waals surface area contributed by atoms with Crippen LogP contribution in [-0.2, 0) is 0 Å². The van der Waals surface area contributed by atoms with Crippen molar-refractivity contribution in [2.24, 2.45) is 10.8 Å². The minimum Gasteiger partial charge on any atom is -0.337 e. The van der Waals surface area contributed by atoms with Gasteiger partial charge in [0.1, 0.15) is 5.69 Å². The Morgan fingerprint density at radius 3 is 2.72 bits per heavy atom. The molecule has 5 nitrogen and oxygen atoms in total. The van der Waals surface area contributed by atoms with Crippen LogP contribution in [0.1, 0.15) is 75.5 Å². The number of nitrogens with one attached hydrogen (secondary N) is 1. The summed E-state index contributed by atoms with van der Waals surface area (Å²) in [5.74, 6) is 0.159. The average molecular weight is 347 g/mol. The van der Waals surface area contributed by atoms with Gasteiger partial charge in [-0.1, -0.05) is 27.7 Å². The van der Waals surface area contributed by atoms with Gasteiger partial charge in [-0.3, -0.25) is 9.48 Å². The van der Waals surface area contributed by atoms with E-state index < -0.39 is 0 Å². The highest BCUT2D eigenvalue weighted by molar-refractivity contribution is 5.94. The van der Waals surface area contributed by atoms with Gasteiger partial charge in [0.2, 0.25) is 0 Å². The second-order valence-electron chi connectivity index (χ2n) is 9.60. The van der Waals surface area contributed by atoms with E-state index in [1.165, 1.54) is 0 Å². The quantitative estimate of drug-likeness (QED) is 0.893. The van der Waals surface area contributed by atoms with E-state index in [0.29, 0.717) is 0 Å². The minimum atomic E-state index is 0.140. The number of hydrogen-bond acceptors (Lipinski definition) is 3. The van der Waals surface area contributed by atoms with Gasteiger partial charge in [-0.2, -0.15) is 5.10 Å². The molecule has 0 aromatic carbocycles.